The lowest BCUT2D eigenvalue weighted by Crippen LogP contribution is -2.25. The molecule has 2 rings (SSSR count). The number of H-pyrrole nitrogens is 2. The Balaban J connectivity index is 2.51. The van der Waals surface area contributed by atoms with Gasteiger partial charge in [-0.1, -0.05) is 17.7 Å². The van der Waals surface area contributed by atoms with Gasteiger partial charge >= 0.3 is 16.9 Å². The molecule has 1 aromatic carbocycles. The minimum Gasteiger partial charge on any atom is -0.503 e. The number of hydrogen-bond acceptors (Lipinski definition) is 6. The fraction of sp³-hybridized carbons (Fsp3) is 0.143. The number of nitrogens with one attached hydrogen (secondary N) is 2. The molecule has 0 bridgehead atoms. The molecule has 0 spiro atoms. The SMILES string of the molecule is CCOc1cc(/C=C/c2[nH]c(=O)[nH]c(=O)c2[N+](=O)[O-])cc(Cl)c1O. The molecule has 0 saturated heterocycles. The molecule has 0 radical (unpaired) electrons. The van der Waals surface area contributed by atoms with Crippen LogP contribution in [0.2, 0.25) is 5.02 Å². The summed E-state index contributed by atoms with van der Waals surface area (Å²) in [7, 11) is 0. The van der Waals surface area contributed by atoms with Gasteiger partial charge in [0.2, 0.25) is 0 Å². The Labute approximate surface area is 139 Å². The fourth-order valence-corrected chi connectivity index (χ4v) is 2.15. The van der Waals surface area contributed by atoms with Crippen LogP contribution in [0.25, 0.3) is 12.2 Å². The maximum Gasteiger partial charge on any atom is 0.357 e. The summed E-state index contributed by atoms with van der Waals surface area (Å²) in [5.74, 6) is -0.0928. The van der Waals surface area contributed by atoms with Crippen molar-refractivity contribution in [2.45, 2.75) is 6.92 Å². The molecule has 0 aliphatic heterocycles. The molecule has 0 atom stereocenters. The number of rotatable bonds is 5. The van der Waals surface area contributed by atoms with Crippen LogP contribution in [0.15, 0.2) is 21.7 Å². The normalized spacial score (nSPS) is 10.9. The topological polar surface area (TPSA) is 138 Å². The fourth-order valence-electron chi connectivity index (χ4n) is 1.93. The minimum absolute atomic E-state index is 0.0227. The van der Waals surface area contributed by atoms with E-state index in [1.807, 2.05) is 0 Å². The highest BCUT2D eigenvalue weighted by atomic mass is 35.5. The Morgan fingerprint density at radius 2 is 2.04 bits per heavy atom. The first-order valence-corrected chi connectivity index (χ1v) is 7.05. The van der Waals surface area contributed by atoms with Crippen molar-refractivity contribution < 1.29 is 14.8 Å². The molecule has 1 aromatic heterocycles. The number of halogens is 1. The second-order valence-corrected chi connectivity index (χ2v) is 4.95. The standard InChI is InChI=1S/C14H12ClN3O6/c1-2-24-10-6-7(5-8(15)12(10)19)3-4-9-11(18(22)23)13(20)17-14(21)16-9/h3-6,19H,2H2,1H3,(H2,16,17,20,21)/b4-3+. The number of aromatic amines is 2. The van der Waals surface area contributed by atoms with Crippen LogP contribution in [0.1, 0.15) is 18.2 Å². The van der Waals surface area contributed by atoms with Gasteiger partial charge in [-0.15, -0.1) is 0 Å². The van der Waals surface area contributed by atoms with E-state index in [0.29, 0.717) is 12.2 Å². The first-order chi connectivity index (χ1) is 11.3. The number of phenols is 1. The summed E-state index contributed by atoms with van der Waals surface area (Å²) in [4.78, 5) is 36.8. The zero-order chi connectivity index (χ0) is 17.9. The minimum atomic E-state index is -1.11. The highest BCUT2D eigenvalue weighted by Gasteiger charge is 2.18. The maximum absolute atomic E-state index is 11.5. The summed E-state index contributed by atoms with van der Waals surface area (Å²) in [5.41, 5.74) is -2.60. The predicted octanol–water partition coefficient (Wildman–Crippen LogP) is 1.90. The zero-order valence-electron chi connectivity index (χ0n) is 12.3. The molecular formula is C14H12ClN3O6. The van der Waals surface area contributed by atoms with E-state index in [1.54, 1.807) is 11.9 Å². The van der Waals surface area contributed by atoms with Crippen LogP contribution in [0.3, 0.4) is 0 Å². The van der Waals surface area contributed by atoms with Crippen LogP contribution in [0, 0.1) is 10.1 Å². The van der Waals surface area contributed by atoms with Gasteiger partial charge in [-0.3, -0.25) is 19.9 Å². The van der Waals surface area contributed by atoms with Crippen molar-refractivity contribution >= 4 is 29.4 Å². The van der Waals surface area contributed by atoms with Crippen LogP contribution in [0.5, 0.6) is 11.5 Å². The van der Waals surface area contributed by atoms with Crippen LogP contribution in [-0.2, 0) is 0 Å². The molecule has 0 aliphatic rings. The second-order valence-electron chi connectivity index (χ2n) is 4.54. The number of hydrogen-bond donors (Lipinski definition) is 3. The van der Waals surface area contributed by atoms with Gasteiger partial charge in [-0.05, 0) is 30.7 Å². The third kappa shape index (κ3) is 3.63. The average Bonchev–Trinajstić information content (AvgIpc) is 2.49. The van der Waals surface area contributed by atoms with Gasteiger partial charge in [0.15, 0.2) is 11.5 Å². The van der Waals surface area contributed by atoms with Gasteiger partial charge in [0.1, 0.15) is 5.69 Å². The van der Waals surface area contributed by atoms with Crippen molar-refractivity contribution in [3.8, 4) is 11.5 Å². The van der Waals surface area contributed by atoms with Gasteiger partial charge in [0.05, 0.1) is 16.6 Å². The number of benzene rings is 1. The highest BCUT2D eigenvalue weighted by molar-refractivity contribution is 6.32. The molecule has 0 fully saturated rings. The number of aromatic hydroxyl groups is 1. The Hall–Kier alpha value is -3.07. The van der Waals surface area contributed by atoms with Crippen LogP contribution in [0.4, 0.5) is 5.69 Å². The van der Waals surface area contributed by atoms with Gasteiger partial charge in [0, 0.05) is 0 Å². The molecule has 0 amide bonds. The van der Waals surface area contributed by atoms with E-state index in [9.17, 15) is 24.8 Å². The van der Waals surface area contributed by atoms with Gasteiger partial charge in [-0.2, -0.15) is 0 Å². The number of ether oxygens (including phenoxy) is 1. The monoisotopic (exact) mass is 353 g/mol. The first kappa shape index (κ1) is 17.3. The number of nitro groups is 1. The zero-order valence-corrected chi connectivity index (χ0v) is 13.1. The molecule has 0 saturated carbocycles. The molecule has 3 N–H and O–H groups in total. The summed E-state index contributed by atoms with van der Waals surface area (Å²) < 4.78 is 5.22. The summed E-state index contributed by atoms with van der Waals surface area (Å²) in [5, 5.41) is 20.7. The number of aromatic nitrogens is 2. The first-order valence-electron chi connectivity index (χ1n) is 6.67. The van der Waals surface area contributed by atoms with Crippen molar-refractivity contribution in [1.82, 2.24) is 9.97 Å². The third-order valence-corrected chi connectivity index (χ3v) is 3.21. The Morgan fingerprint density at radius 3 is 2.67 bits per heavy atom. The van der Waals surface area contributed by atoms with Crippen molar-refractivity contribution in [2.24, 2.45) is 0 Å². The molecule has 1 heterocycles. The molecule has 126 valence electrons. The lowest BCUT2D eigenvalue weighted by molar-refractivity contribution is -0.386. The molecule has 10 heteroatoms. The van der Waals surface area contributed by atoms with Crippen molar-refractivity contribution in [3.63, 3.8) is 0 Å². The van der Waals surface area contributed by atoms with Crippen molar-refractivity contribution in [2.75, 3.05) is 6.61 Å². The van der Waals surface area contributed by atoms with Crippen LogP contribution in [-0.4, -0.2) is 26.6 Å². The molecule has 9 nitrogen and oxygen atoms in total. The summed E-state index contributed by atoms with van der Waals surface area (Å²) >= 11 is 5.88. The lowest BCUT2D eigenvalue weighted by Gasteiger charge is -2.08. The van der Waals surface area contributed by atoms with Gasteiger partial charge in [-0.25, -0.2) is 4.79 Å². The van der Waals surface area contributed by atoms with Gasteiger partial charge in [0.25, 0.3) is 0 Å². The molecular weight excluding hydrogens is 342 g/mol. The highest BCUT2D eigenvalue weighted by Crippen LogP contribution is 2.35. The Kier molecular flexibility index (Phi) is 5.05. The molecule has 2 aromatic rings. The van der Waals surface area contributed by atoms with Crippen molar-refractivity contribution in [1.29, 1.82) is 0 Å². The van der Waals surface area contributed by atoms with E-state index in [4.69, 9.17) is 16.3 Å². The summed E-state index contributed by atoms with van der Waals surface area (Å²) in [6, 6.07) is 2.85. The smallest absolute Gasteiger partial charge is 0.357 e. The Morgan fingerprint density at radius 1 is 1.33 bits per heavy atom. The second kappa shape index (κ2) is 7.01. The van der Waals surface area contributed by atoms with E-state index >= 15 is 0 Å². The summed E-state index contributed by atoms with van der Waals surface area (Å²) in [6.45, 7) is 2.02. The number of nitrogens with zero attached hydrogens (tertiary/aromatic N) is 1. The average molecular weight is 354 g/mol. The molecule has 24 heavy (non-hydrogen) atoms. The largest absolute Gasteiger partial charge is 0.503 e. The number of phenolic OH excluding ortho intramolecular Hbond substituents is 1. The lowest BCUT2D eigenvalue weighted by atomic mass is 10.1. The van der Waals surface area contributed by atoms with E-state index in [-0.39, 0.29) is 22.2 Å². The van der Waals surface area contributed by atoms with E-state index in [1.165, 1.54) is 24.3 Å². The van der Waals surface area contributed by atoms with Crippen LogP contribution < -0.4 is 16.0 Å². The Bertz CT molecular complexity index is 931. The van der Waals surface area contributed by atoms with Crippen molar-refractivity contribution in [3.05, 3.63) is 59.4 Å². The third-order valence-electron chi connectivity index (χ3n) is 2.92. The predicted molar refractivity (Wildman–Crippen MR) is 87.6 cm³/mol. The maximum atomic E-state index is 11.5. The van der Waals surface area contributed by atoms with E-state index in [2.05, 4.69) is 4.98 Å². The van der Waals surface area contributed by atoms with Crippen LogP contribution >= 0.6 is 11.6 Å². The van der Waals surface area contributed by atoms with E-state index in [0.717, 1.165) is 0 Å². The quantitative estimate of drug-likeness (QED) is 0.554. The molecule has 0 unspecified atom stereocenters. The van der Waals surface area contributed by atoms with Gasteiger partial charge < -0.3 is 14.8 Å². The summed E-state index contributed by atoms with van der Waals surface area (Å²) in [6.07, 6.45) is 2.57. The molecule has 0 aliphatic carbocycles. The van der Waals surface area contributed by atoms with E-state index < -0.39 is 21.9 Å².